The predicted octanol–water partition coefficient (Wildman–Crippen LogP) is 0.0798. The third-order valence-electron chi connectivity index (χ3n) is 3.16. The molecule has 0 bridgehead atoms. The summed E-state index contributed by atoms with van der Waals surface area (Å²) in [5.74, 6) is -0.450. The molecule has 0 radical (unpaired) electrons. The van der Waals surface area contributed by atoms with Gasteiger partial charge in [0.05, 0.1) is 18.7 Å². The van der Waals surface area contributed by atoms with Gasteiger partial charge >= 0.3 is 5.97 Å². The topological polar surface area (TPSA) is 77.3 Å². The van der Waals surface area contributed by atoms with Gasteiger partial charge in [-0.1, -0.05) is 5.21 Å². The van der Waals surface area contributed by atoms with Crippen LogP contribution in [0.25, 0.3) is 0 Å². The highest BCUT2D eigenvalue weighted by atomic mass is 16.5. The first kappa shape index (κ1) is 13.5. The lowest BCUT2D eigenvalue weighted by atomic mass is 9.98. The number of likely N-dealkylation sites (tertiary alicyclic amines) is 1. The molecule has 7 nitrogen and oxygen atoms in total. The fraction of sp³-hybridized carbons (Fsp3) is 0.667. The van der Waals surface area contributed by atoms with Crippen molar-refractivity contribution in [3.8, 4) is 0 Å². The van der Waals surface area contributed by atoms with Crippen LogP contribution < -0.4 is 0 Å². The number of hydrogen-bond donors (Lipinski definition) is 0. The summed E-state index contributed by atoms with van der Waals surface area (Å²) < 4.78 is 6.49. The average molecular weight is 266 g/mol. The second-order valence-electron chi connectivity index (χ2n) is 4.53. The summed E-state index contributed by atoms with van der Waals surface area (Å²) in [6, 6.07) is 0. The molecule has 0 aliphatic carbocycles. The summed E-state index contributed by atoms with van der Waals surface area (Å²) in [5.41, 5.74) is 0. The Morgan fingerprint density at radius 1 is 1.47 bits per heavy atom. The molecular weight excluding hydrogens is 248 g/mol. The second kappa shape index (κ2) is 6.31. The lowest BCUT2D eigenvalue weighted by Crippen LogP contribution is -2.44. The van der Waals surface area contributed by atoms with Gasteiger partial charge in [0.25, 0.3) is 0 Å². The van der Waals surface area contributed by atoms with E-state index >= 15 is 0 Å². The lowest BCUT2D eigenvalue weighted by Gasteiger charge is -2.31. The van der Waals surface area contributed by atoms with Gasteiger partial charge in [0.1, 0.15) is 6.54 Å². The summed E-state index contributed by atoms with van der Waals surface area (Å²) in [5, 5.41) is 7.42. The first-order valence-electron chi connectivity index (χ1n) is 6.49. The van der Waals surface area contributed by atoms with Gasteiger partial charge in [-0.3, -0.25) is 9.59 Å². The van der Waals surface area contributed by atoms with E-state index in [4.69, 9.17) is 4.74 Å². The van der Waals surface area contributed by atoms with Gasteiger partial charge < -0.3 is 9.64 Å². The highest BCUT2D eigenvalue weighted by Gasteiger charge is 2.29. The maximum atomic E-state index is 12.1. The Kier molecular flexibility index (Phi) is 4.48. The zero-order valence-corrected chi connectivity index (χ0v) is 11.0. The van der Waals surface area contributed by atoms with Crippen LogP contribution in [0, 0.1) is 5.92 Å². The molecule has 1 atom stereocenters. The Morgan fingerprint density at radius 2 is 2.32 bits per heavy atom. The van der Waals surface area contributed by atoms with Crippen molar-refractivity contribution in [2.24, 2.45) is 5.92 Å². The van der Waals surface area contributed by atoms with Gasteiger partial charge in [-0.2, -0.15) is 0 Å². The number of esters is 1. The smallest absolute Gasteiger partial charge is 0.310 e. The summed E-state index contributed by atoms with van der Waals surface area (Å²) in [6.07, 6.45) is 4.79. The van der Waals surface area contributed by atoms with E-state index in [9.17, 15) is 9.59 Å². The van der Waals surface area contributed by atoms with E-state index in [0.29, 0.717) is 19.7 Å². The van der Waals surface area contributed by atoms with E-state index in [-0.39, 0.29) is 24.3 Å². The van der Waals surface area contributed by atoms with Gasteiger partial charge in [0.15, 0.2) is 0 Å². The fourth-order valence-electron chi connectivity index (χ4n) is 2.21. The van der Waals surface area contributed by atoms with Crippen molar-refractivity contribution in [3.63, 3.8) is 0 Å². The number of nitrogens with zero attached hydrogens (tertiary/aromatic N) is 4. The van der Waals surface area contributed by atoms with Crippen LogP contribution in [0.3, 0.4) is 0 Å². The molecule has 7 heteroatoms. The van der Waals surface area contributed by atoms with Crippen LogP contribution in [0.4, 0.5) is 0 Å². The molecular formula is C12H18N4O3. The van der Waals surface area contributed by atoms with E-state index in [2.05, 4.69) is 10.3 Å². The number of piperidine rings is 1. The highest BCUT2D eigenvalue weighted by Crippen LogP contribution is 2.18. The number of aromatic nitrogens is 3. The highest BCUT2D eigenvalue weighted by molar-refractivity contribution is 5.78. The normalized spacial score (nSPS) is 19.2. The van der Waals surface area contributed by atoms with Gasteiger partial charge in [-0.05, 0) is 19.8 Å². The number of carbonyl (C=O) groups is 2. The molecule has 104 valence electrons. The predicted molar refractivity (Wildman–Crippen MR) is 66.0 cm³/mol. The van der Waals surface area contributed by atoms with Gasteiger partial charge in [-0.15, -0.1) is 5.10 Å². The largest absolute Gasteiger partial charge is 0.466 e. The second-order valence-corrected chi connectivity index (χ2v) is 4.53. The van der Waals surface area contributed by atoms with E-state index in [1.54, 1.807) is 18.0 Å². The van der Waals surface area contributed by atoms with E-state index < -0.39 is 0 Å². The Balaban J connectivity index is 1.89. The molecule has 0 unspecified atom stereocenters. The molecule has 0 aromatic carbocycles. The first-order valence-corrected chi connectivity index (χ1v) is 6.49. The van der Waals surface area contributed by atoms with Gasteiger partial charge in [0, 0.05) is 19.3 Å². The molecule has 1 amide bonds. The Bertz CT molecular complexity index is 432. The maximum absolute atomic E-state index is 12.1. The van der Waals surface area contributed by atoms with E-state index in [0.717, 1.165) is 12.8 Å². The zero-order valence-electron chi connectivity index (χ0n) is 11.0. The summed E-state index contributed by atoms with van der Waals surface area (Å²) >= 11 is 0. The van der Waals surface area contributed by atoms with Crippen molar-refractivity contribution in [2.75, 3.05) is 19.7 Å². The molecule has 1 saturated heterocycles. The molecule has 2 heterocycles. The molecule has 0 N–H and O–H groups in total. The van der Waals surface area contributed by atoms with Crippen molar-refractivity contribution >= 4 is 11.9 Å². The first-order chi connectivity index (χ1) is 9.20. The maximum Gasteiger partial charge on any atom is 0.310 e. The van der Waals surface area contributed by atoms with Crippen molar-refractivity contribution < 1.29 is 14.3 Å². The number of hydrogen-bond acceptors (Lipinski definition) is 5. The lowest BCUT2D eigenvalue weighted by molar-refractivity contribution is -0.151. The quantitative estimate of drug-likeness (QED) is 0.721. The monoisotopic (exact) mass is 266 g/mol. The molecule has 19 heavy (non-hydrogen) atoms. The minimum absolute atomic E-state index is 0.0421. The molecule has 0 saturated carbocycles. The number of rotatable bonds is 4. The van der Waals surface area contributed by atoms with Crippen molar-refractivity contribution in [3.05, 3.63) is 12.4 Å². The zero-order chi connectivity index (χ0) is 13.7. The van der Waals surface area contributed by atoms with Crippen molar-refractivity contribution in [1.82, 2.24) is 19.9 Å². The number of amides is 1. The minimum Gasteiger partial charge on any atom is -0.466 e. The van der Waals surface area contributed by atoms with Crippen LogP contribution in [0.1, 0.15) is 19.8 Å². The van der Waals surface area contributed by atoms with Crippen LogP contribution in [0.15, 0.2) is 12.4 Å². The Labute approximate surface area is 111 Å². The van der Waals surface area contributed by atoms with Crippen LogP contribution in [0.2, 0.25) is 0 Å². The number of ether oxygens (including phenoxy) is 1. The average Bonchev–Trinajstić information content (AvgIpc) is 2.92. The van der Waals surface area contributed by atoms with E-state index in [1.165, 1.54) is 10.9 Å². The SMILES string of the molecule is CCOC(=O)[C@H]1CCCN(C(=O)Cn2ccnn2)C1. The number of carbonyl (C=O) groups excluding carboxylic acids is 2. The summed E-state index contributed by atoms with van der Waals surface area (Å²) in [7, 11) is 0. The standard InChI is InChI=1S/C12H18N4O3/c1-2-19-12(18)10-4-3-6-15(8-10)11(17)9-16-7-5-13-14-16/h5,7,10H,2-4,6,8-9H2,1H3/t10-/m0/s1. The van der Waals surface area contributed by atoms with E-state index in [1.807, 2.05) is 0 Å². The van der Waals surface area contributed by atoms with Crippen molar-refractivity contribution in [2.45, 2.75) is 26.3 Å². The Hall–Kier alpha value is -1.92. The van der Waals surface area contributed by atoms with Gasteiger partial charge in [-0.25, -0.2) is 4.68 Å². The molecule has 1 fully saturated rings. The molecule has 2 rings (SSSR count). The fourth-order valence-corrected chi connectivity index (χ4v) is 2.21. The Morgan fingerprint density at radius 3 is 3.00 bits per heavy atom. The molecule has 1 aromatic heterocycles. The molecule has 0 spiro atoms. The minimum atomic E-state index is -0.208. The molecule has 1 aromatic rings. The van der Waals surface area contributed by atoms with Crippen LogP contribution >= 0.6 is 0 Å². The van der Waals surface area contributed by atoms with Crippen LogP contribution in [0.5, 0.6) is 0 Å². The van der Waals surface area contributed by atoms with Crippen molar-refractivity contribution in [1.29, 1.82) is 0 Å². The van der Waals surface area contributed by atoms with Crippen LogP contribution in [-0.4, -0.2) is 51.5 Å². The third-order valence-corrected chi connectivity index (χ3v) is 3.16. The van der Waals surface area contributed by atoms with Crippen LogP contribution in [-0.2, 0) is 20.9 Å². The van der Waals surface area contributed by atoms with Gasteiger partial charge in [0.2, 0.25) is 5.91 Å². The summed E-state index contributed by atoms with van der Waals surface area (Å²) in [4.78, 5) is 25.5. The molecule has 1 aliphatic heterocycles. The third kappa shape index (κ3) is 3.52. The summed E-state index contributed by atoms with van der Waals surface area (Å²) in [6.45, 7) is 3.45. The molecule has 1 aliphatic rings.